The lowest BCUT2D eigenvalue weighted by Crippen LogP contribution is -2.42. The van der Waals surface area contributed by atoms with E-state index in [1.807, 2.05) is 30.3 Å². The summed E-state index contributed by atoms with van der Waals surface area (Å²) in [7, 11) is 3.02. The molecule has 5 aromatic rings. The van der Waals surface area contributed by atoms with E-state index in [1.165, 1.54) is 29.7 Å². The van der Waals surface area contributed by atoms with Gasteiger partial charge >= 0.3 is 11.9 Å². The van der Waals surface area contributed by atoms with Gasteiger partial charge in [0, 0.05) is 32.7 Å². The molecule has 3 N–H and O–H groups in total. The molecule has 2 amide bonds. The third kappa shape index (κ3) is 5.42. The second kappa shape index (κ2) is 11.3. The number of pyridine rings is 1. The van der Waals surface area contributed by atoms with Crippen LogP contribution < -0.4 is 5.32 Å². The minimum absolute atomic E-state index is 0.0360. The number of aryl methyl sites for hydroxylation is 2. The number of aromatic carboxylic acids is 2. The van der Waals surface area contributed by atoms with Gasteiger partial charge in [-0.1, -0.05) is 30.3 Å². The van der Waals surface area contributed by atoms with Crippen molar-refractivity contribution in [2.75, 3.05) is 18.4 Å². The van der Waals surface area contributed by atoms with Gasteiger partial charge in [0.05, 0.1) is 29.8 Å². The molecular formula is C27H25N9O6. The van der Waals surface area contributed by atoms with Crippen molar-refractivity contribution in [1.82, 2.24) is 39.1 Å². The summed E-state index contributed by atoms with van der Waals surface area (Å²) >= 11 is 0. The van der Waals surface area contributed by atoms with E-state index in [-0.39, 0.29) is 28.4 Å². The number of amides is 2. The van der Waals surface area contributed by atoms with Gasteiger partial charge in [0.1, 0.15) is 11.3 Å². The summed E-state index contributed by atoms with van der Waals surface area (Å²) in [6.07, 6.45) is 5.05. The molecule has 42 heavy (non-hydrogen) atoms. The van der Waals surface area contributed by atoms with Gasteiger partial charge in [-0.2, -0.15) is 10.2 Å². The lowest BCUT2D eigenvalue weighted by Gasteiger charge is -2.30. The number of aromatic nitrogens is 7. The third-order valence-corrected chi connectivity index (χ3v) is 6.52. The fraction of sp³-hybridized carbons (Fsp3) is 0.185. The number of carboxylic acids is 2. The van der Waals surface area contributed by atoms with Crippen LogP contribution in [0.15, 0.2) is 61.1 Å². The van der Waals surface area contributed by atoms with Gasteiger partial charge in [0.25, 0.3) is 11.8 Å². The Kier molecular flexibility index (Phi) is 7.47. The Hall–Kier alpha value is -5.86. The van der Waals surface area contributed by atoms with Gasteiger partial charge < -0.3 is 20.4 Å². The summed E-state index contributed by atoms with van der Waals surface area (Å²) in [6, 6.07) is 12.9. The van der Waals surface area contributed by atoms with Crippen molar-refractivity contribution in [2.45, 2.75) is 6.42 Å². The van der Waals surface area contributed by atoms with Crippen LogP contribution in [0, 0.1) is 0 Å². The highest BCUT2D eigenvalue weighted by Gasteiger charge is 2.28. The molecule has 0 spiro atoms. The molecule has 0 unspecified atom stereocenters. The average Bonchev–Trinajstić information content (AvgIpc) is 3.64. The molecule has 1 fully saturated rings. The number of hydrogen-bond acceptors (Lipinski definition) is 8. The van der Waals surface area contributed by atoms with Crippen LogP contribution in [0.5, 0.6) is 0 Å². The number of nitrogens with zero attached hydrogens (tertiary/aromatic N) is 8. The van der Waals surface area contributed by atoms with Crippen LogP contribution in [0.25, 0.3) is 17.0 Å². The third-order valence-electron chi connectivity index (χ3n) is 6.52. The monoisotopic (exact) mass is 571 g/mol. The summed E-state index contributed by atoms with van der Waals surface area (Å²) in [5.41, 5.74) is 1.88. The normalized spacial score (nSPS) is 12.3. The van der Waals surface area contributed by atoms with Gasteiger partial charge in [-0.05, 0) is 18.6 Å². The van der Waals surface area contributed by atoms with Crippen LogP contribution in [0.1, 0.15) is 48.1 Å². The number of carboxylic acid groups (broad SMARTS) is 2. The van der Waals surface area contributed by atoms with Gasteiger partial charge in [-0.15, -0.1) is 5.10 Å². The van der Waals surface area contributed by atoms with E-state index in [0.717, 1.165) is 18.2 Å². The van der Waals surface area contributed by atoms with Crippen molar-refractivity contribution in [2.24, 2.45) is 14.1 Å². The van der Waals surface area contributed by atoms with E-state index in [9.17, 15) is 24.3 Å². The highest BCUT2D eigenvalue weighted by molar-refractivity contribution is 6.09. The first-order valence-corrected chi connectivity index (χ1v) is 12.7. The largest absolute Gasteiger partial charge is 0.478 e. The molecule has 0 saturated carbocycles. The quantitative estimate of drug-likeness (QED) is 0.272. The summed E-state index contributed by atoms with van der Waals surface area (Å²) in [5.74, 6) is -2.59. The Morgan fingerprint density at radius 1 is 0.833 bits per heavy atom. The first-order valence-electron chi connectivity index (χ1n) is 12.7. The van der Waals surface area contributed by atoms with Crippen LogP contribution >= 0.6 is 0 Å². The number of anilines is 1. The number of hydrogen-bond donors (Lipinski definition) is 3. The first kappa shape index (κ1) is 27.7. The van der Waals surface area contributed by atoms with Crippen LogP contribution in [-0.4, -0.2) is 86.1 Å². The van der Waals surface area contributed by atoms with Crippen molar-refractivity contribution in [3.05, 3.63) is 83.6 Å². The number of benzene rings is 1. The van der Waals surface area contributed by atoms with Crippen molar-refractivity contribution < 1.29 is 29.4 Å². The molecule has 214 valence electrons. The Morgan fingerprint density at radius 3 is 2.12 bits per heavy atom. The Morgan fingerprint density at radius 2 is 1.50 bits per heavy atom. The molecule has 0 atom stereocenters. The molecule has 0 bridgehead atoms. The first-order chi connectivity index (χ1) is 20.1. The maximum absolute atomic E-state index is 12.5. The van der Waals surface area contributed by atoms with Crippen molar-refractivity contribution >= 4 is 35.1 Å². The van der Waals surface area contributed by atoms with Crippen LogP contribution in [-0.2, 0) is 14.1 Å². The standard InChI is InChI=1S/C18H14N6O3.C9H11N3O3/c1-23-15(13(9-19-23)18(26)27)17(25)20-12-7-8-14-21-16(22-24(14)10-12)11-5-3-2-4-6-11;1-11-7(9(14)15)6(5-10-11)8(13)12-3-2-4-12/h2-10H,1H3,(H,20,25)(H,26,27);5H,2-4H2,1H3,(H,14,15). The second-order valence-electron chi connectivity index (χ2n) is 9.29. The number of fused-ring (bicyclic) bond motifs is 1. The van der Waals surface area contributed by atoms with Gasteiger partial charge in [-0.3, -0.25) is 19.0 Å². The van der Waals surface area contributed by atoms with E-state index in [2.05, 4.69) is 25.6 Å². The van der Waals surface area contributed by atoms with Gasteiger partial charge in [0.15, 0.2) is 17.2 Å². The maximum Gasteiger partial charge on any atom is 0.354 e. The molecule has 1 aromatic carbocycles. The van der Waals surface area contributed by atoms with Crippen LogP contribution in [0.3, 0.4) is 0 Å². The van der Waals surface area contributed by atoms with Crippen molar-refractivity contribution in [3.8, 4) is 11.4 Å². The highest BCUT2D eigenvalue weighted by atomic mass is 16.4. The van der Waals surface area contributed by atoms with E-state index < -0.39 is 17.8 Å². The lowest BCUT2D eigenvalue weighted by atomic mass is 10.1. The lowest BCUT2D eigenvalue weighted by molar-refractivity contribution is 0.0621. The SMILES string of the molecule is Cn1ncc(C(=O)N2CCC2)c1C(=O)O.Cn1ncc(C(=O)O)c1C(=O)Nc1ccc2nc(-c3ccccc3)nn2c1. The molecule has 15 nitrogen and oxygen atoms in total. The Balaban J connectivity index is 0.000000199. The smallest absolute Gasteiger partial charge is 0.354 e. The summed E-state index contributed by atoms with van der Waals surface area (Å²) in [6.45, 7) is 1.40. The zero-order valence-corrected chi connectivity index (χ0v) is 22.5. The number of carbonyl (C=O) groups is 4. The molecule has 0 radical (unpaired) electrons. The zero-order chi connectivity index (χ0) is 30.0. The minimum atomic E-state index is -1.22. The summed E-state index contributed by atoms with van der Waals surface area (Å²) in [4.78, 5) is 52.5. The fourth-order valence-electron chi connectivity index (χ4n) is 4.26. The average molecular weight is 572 g/mol. The fourth-order valence-corrected chi connectivity index (χ4v) is 4.26. The molecule has 5 heterocycles. The van der Waals surface area contributed by atoms with Crippen molar-refractivity contribution in [1.29, 1.82) is 0 Å². The number of likely N-dealkylation sites (tertiary alicyclic amines) is 1. The zero-order valence-electron chi connectivity index (χ0n) is 22.5. The minimum Gasteiger partial charge on any atom is -0.478 e. The highest BCUT2D eigenvalue weighted by Crippen LogP contribution is 2.19. The number of carbonyl (C=O) groups excluding carboxylic acids is 2. The predicted octanol–water partition coefficient (Wildman–Crippen LogP) is 2.04. The topological polar surface area (TPSA) is 190 Å². The Labute approximate surface area is 237 Å². The molecule has 1 saturated heterocycles. The van der Waals surface area contributed by atoms with E-state index in [4.69, 9.17) is 5.11 Å². The molecule has 0 aliphatic carbocycles. The van der Waals surface area contributed by atoms with E-state index in [1.54, 1.807) is 27.7 Å². The number of nitrogens with one attached hydrogen (secondary N) is 1. The maximum atomic E-state index is 12.5. The van der Waals surface area contributed by atoms with Crippen LogP contribution in [0.4, 0.5) is 5.69 Å². The summed E-state index contributed by atoms with van der Waals surface area (Å²) in [5, 5.41) is 32.8. The van der Waals surface area contributed by atoms with Crippen molar-refractivity contribution in [3.63, 3.8) is 0 Å². The summed E-state index contributed by atoms with van der Waals surface area (Å²) < 4.78 is 3.98. The predicted molar refractivity (Wildman–Crippen MR) is 147 cm³/mol. The number of rotatable bonds is 6. The van der Waals surface area contributed by atoms with Gasteiger partial charge in [-0.25, -0.2) is 19.1 Å². The van der Waals surface area contributed by atoms with Gasteiger partial charge in [0.2, 0.25) is 0 Å². The molecule has 1 aliphatic heterocycles. The van der Waals surface area contributed by atoms with E-state index >= 15 is 0 Å². The molecule has 6 rings (SSSR count). The van der Waals surface area contributed by atoms with Crippen LogP contribution in [0.2, 0.25) is 0 Å². The molecule has 15 heteroatoms. The second-order valence-corrected chi connectivity index (χ2v) is 9.29. The molecule has 1 aliphatic rings. The van der Waals surface area contributed by atoms with E-state index in [0.29, 0.717) is 30.2 Å². The Bertz CT molecular complexity index is 1820. The molecule has 4 aromatic heterocycles. The molecular weight excluding hydrogens is 546 g/mol.